The van der Waals surface area contributed by atoms with Crippen molar-refractivity contribution in [3.8, 4) is 0 Å². The lowest BCUT2D eigenvalue weighted by Gasteiger charge is -2.34. The van der Waals surface area contributed by atoms with E-state index in [4.69, 9.17) is 0 Å². The van der Waals surface area contributed by atoms with Crippen molar-refractivity contribution >= 4 is 0 Å². The highest BCUT2D eigenvalue weighted by Gasteiger charge is 2.26. The molecule has 0 aromatic carbocycles. The van der Waals surface area contributed by atoms with Crippen molar-refractivity contribution in [2.24, 2.45) is 11.8 Å². The van der Waals surface area contributed by atoms with Crippen molar-refractivity contribution in [1.29, 1.82) is 0 Å². The van der Waals surface area contributed by atoms with Gasteiger partial charge in [0.25, 0.3) is 0 Å². The van der Waals surface area contributed by atoms with E-state index in [-0.39, 0.29) is 0 Å². The van der Waals surface area contributed by atoms with Crippen LogP contribution in [0, 0.1) is 11.8 Å². The molecule has 0 saturated carbocycles. The van der Waals surface area contributed by atoms with Gasteiger partial charge >= 0.3 is 0 Å². The first-order chi connectivity index (χ1) is 7.29. The molecular weight excluding hydrogens is 184 g/mol. The van der Waals surface area contributed by atoms with E-state index in [9.17, 15) is 0 Å². The van der Waals surface area contributed by atoms with E-state index in [0.717, 1.165) is 17.9 Å². The van der Waals surface area contributed by atoms with Crippen LogP contribution in [0.5, 0.6) is 0 Å². The highest BCUT2D eigenvalue weighted by molar-refractivity contribution is 4.85. The van der Waals surface area contributed by atoms with E-state index >= 15 is 0 Å². The number of rotatable bonds is 3. The molecule has 1 N–H and O–H groups in total. The monoisotopic (exact) mass is 210 g/mol. The molecule has 2 heterocycles. The fraction of sp³-hybridized carbons (Fsp3) is 1.00. The zero-order valence-corrected chi connectivity index (χ0v) is 10.3. The second kappa shape index (κ2) is 5.31. The molecule has 0 aromatic heterocycles. The minimum atomic E-state index is 0.764. The Kier molecular flexibility index (Phi) is 4.04. The van der Waals surface area contributed by atoms with E-state index in [0.29, 0.717) is 0 Å². The molecule has 88 valence electrons. The summed E-state index contributed by atoms with van der Waals surface area (Å²) in [5.41, 5.74) is 0. The minimum Gasteiger partial charge on any atom is -0.312 e. The van der Waals surface area contributed by atoms with Gasteiger partial charge in [-0.3, -0.25) is 0 Å². The molecule has 15 heavy (non-hydrogen) atoms. The number of hydrogen-bond acceptors (Lipinski definition) is 2. The van der Waals surface area contributed by atoms with Crippen molar-refractivity contribution in [2.45, 2.75) is 45.6 Å². The van der Waals surface area contributed by atoms with Crippen molar-refractivity contribution in [2.75, 3.05) is 26.2 Å². The van der Waals surface area contributed by atoms with Gasteiger partial charge in [-0.25, -0.2) is 0 Å². The molecule has 2 aliphatic heterocycles. The molecule has 0 amide bonds. The Morgan fingerprint density at radius 3 is 2.87 bits per heavy atom. The van der Waals surface area contributed by atoms with Crippen LogP contribution in [0.4, 0.5) is 0 Å². The molecule has 2 aliphatic rings. The first-order valence-electron chi connectivity index (χ1n) is 6.75. The van der Waals surface area contributed by atoms with E-state index in [1.165, 1.54) is 51.9 Å². The first kappa shape index (κ1) is 11.4. The minimum absolute atomic E-state index is 0.764. The number of nitrogens with zero attached hydrogens (tertiary/aromatic N) is 1. The number of nitrogens with one attached hydrogen (secondary N) is 1. The summed E-state index contributed by atoms with van der Waals surface area (Å²) in [7, 11) is 0. The molecule has 2 heteroatoms. The van der Waals surface area contributed by atoms with E-state index in [1.54, 1.807) is 0 Å². The Hall–Kier alpha value is -0.0800. The summed E-state index contributed by atoms with van der Waals surface area (Å²) in [5, 5.41) is 3.64. The molecular formula is C13H26N2. The summed E-state index contributed by atoms with van der Waals surface area (Å²) in [6.07, 6.45) is 5.61. The molecule has 0 aromatic rings. The van der Waals surface area contributed by atoms with Crippen molar-refractivity contribution in [1.82, 2.24) is 10.2 Å². The lowest BCUT2D eigenvalue weighted by molar-refractivity contribution is 0.152. The number of hydrogen-bond donors (Lipinski definition) is 1. The third kappa shape index (κ3) is 2.94. The van der Waals surface area contributed by atoms with Crippen LogP contribution >= 0.6 is 0 Å². The van der Waals surface area contributed by atoms with Gasteiger partial charge in [0.1, 0.15) is 0 Å². The fourth-order valence-electron chi connectivity index (χ4n) is 3.07. The molecule has 0 aliphatic carbocycles. The standard InChI is InChI=1S/C13H26N2/c1-3-12-5-4-8-15(9-12)10-13-11(2)6-7-14-13/h11-14H,3-10H2,1-2H3. The summed E-state index contributed by atoms with van der Waals surface area (Å²) in [5.74, 6) is 1.85. The van der Waals surface area contributed by atoms with Crippen LogP contribution < -0.4 is 5.32 Å². The SMILES string of the molecule is CCC1CCCN(CC2NCCC2C)C1. The lowest BCUT2D eigenvalue weighted by atomic mass is 9.94. The maximum absolute atomic E-state index is 3.64. The first-order valence-corrected chi connectivity index (χ1v) is 6.75. The Morgan fingerprint density at radius 1 is 1.33 bits per heavy atom. The Bertz CT molecular complexity index is 193. The normalized spacial score (nSPS) is 38.4. The van der Waals surface area contributed by atoms with Crippen LogP contribution in [0.15, 0.2) is 0 Å². The summed E-state index contributed by atoms with van der Waals surface area (Å²) in [6.45, 7) is 9.94. The third-order valence-corrected chi connectivity index (χ3v) is 4.33. The average molecular weight is 210 g/mol. The Labute approximate surface area is 94.4 Å². The van der Waals surface area contributed by atoms with Gasteiger partial charge in [0.15, 0.2) is 0 Å². The predicted molar refractivity (Wildman–Crippen MR) is 65.0 cm³/mol. The van der Waals surface area contributed by atoms with Gasteiger partial charge < -0.3 is 10.2 Å². The largest absolute Gasteiger partial charge is 0.312 e. The molecule has 3 atom stereocenters. The van der Waals surface area contributed by atoms with Gasteiger partial charge in [0.05, 0.1) is 0 Å². The van der Waals surface area contributed by atoms with Crippen LogP contribution in [-0.2, 0) is 0 Å². The smallest absolute Gasteiger partial charge is 0.0221 e. The Morgan fingerprint density at radius 2 is 2.20 bits per heavy atom. The number of likely N-dealkylation sites (tertiary alicyclic amines) is 1. The molecule has 3 unspecified atom stereocenters. The van der Waals surface area contributed by atoms with Gasteiger partial charge in [-0.1, -0.05) is 20.3 Å². The number of piperidine rings is 1. The van der Waals surface area contributed by atoms with E-state index < -0.39 is 0 Å². The summed E-state index contributed by atoms with van der Waals surface area (Å²) in [4.78, 5) is 2.69. The van der Waals surface area contributed by atoms with Crippen LogP contribution in [0.3, 0.4) is 0 Å². The average Bonchev–Trinajstić information content (AvgIpc) is 2.65. The third-order valence-electron chi connectivity index (χ3n) is 4.33. The van der Waals surface area contributed by atoms with Gasteiger partial charge in [0, 0.05) is 19.1 Å². The summed E-state index contributed by atoms with van der Waals surface area (Å²) < 4.78 is 0. The zero-order chi connectivity index (χ0) is 10.7. The highest BCUT2D eigenvalue weighted by atomic mass is 15.2. The molecule has 2 saturated heterocycles. The van der Waals surface area contributed by atoms with Gasteiger partial charge in [0.2, 0.25) is 0 Å². The topological polar surface area (TPSA) is 15.3 Å². The van der Waals surface area contributed by atoms with Crippen molar-refractivity contribution < 1.29 is 0 Å². The molecule has 2 nitrogen and oxygen atoms in total. The molecule has 2 rings (SSSR count). The molecule has 0 radical (unpaired) electrons. The maximum Gasteiger partial charge on any atom is 0.0221 e. The summed E-state index contributed by atoms with van der Waals surface area (Å²) >= 11 is 0. The van der Waals surface area contributed by atoms with E-state index in [2.05, 4.69) is 24.1 Å². The van der Waals surface area contributed by atoms with Crippen molar-refractivity contribution in [3.63, 3.8) is 0 Å². The predicted octanol–water partition coefficient (Wildman–Crippen LogP) is 2.11. The Balaban J connectivity index is 1.78. The van der Waals surface area contributed by atoms with Gasteiger partial charge in [-0.05, 0) is 44.2 Å². The fourth-order valence-corrected chi connectivity index (χ4v) is 3.07. The van der Waals surface area contributed by atoms with Crippen LogP contribution in [0.2, 0.25) is 0 Å². The quantitative estimate of drug-likeness (QED) is 0.767. The molecule has 2 fully saturated rings. The summed E-state index contributed by atoms with van der Waals surface area (Å²) in [6, 6.07) is 0.764. The van der Waals surface area contributed by atoms with E-state index in [1.807, 2.05) is 0 Å². The maximum atomic E-state index is 3.64. The zero-order valence-electron chi connectivity index (χ0n) is 10.3. The highest BCUT2D eigenvalue weighted by Crippen LogP contribution is 2.21. The molecule has 0 spiro atoms. The van der Waals surface area contributed by atoms with Gasteiger partial charge in [-0.15, -0.1) is 0 Å². The second-order valence-corrected chi connectivity index (χ2v) is 5.50. The van der Waals surface area contributed by atoms with Crippen LogP contribution in [0.1, 0.15) is 39.5 Å². The molecule has 0 bridgehead atoms. The van der Waals surface area contributed by atoms with Crippen LogP contribution in [0.25, 0.3) is 0 Å². The van der Waals surface area contributed by atoms with Crippen LogP contribution in [-0.4, -0.2) is 37.1 Å². The van der Waals surface area contributed by atoms with Gasteiger partial charge in [-0.2, -0.15) is 0 Å². The lowest BCUT2D eigenvalue weighted by Crippen LogP contribution is -2.44. The van der Waals surface area contributed by atoms with Crippen molar-refractivity contribution in [3.05, 3.63) is 0 Å². The second-order valence-electron chi connectivity index (χ2n) is 5.50.